The zero-order valence-corrected chi connectivity index (χ0v) is 21.5. The molecule has 1 saturated heterocycles. The number of rotatable bonds is 5. The molecule has 5 rings (SSSR count). The van der Waals surface area contributed by atoms with Gasteiger partial charge >= 0.3 is 0 Å². The zero-order valence-electron chi connectivity index (χ0n) is 20.6. The molecule has 1 aliphatic heterocycles. The summed E-state index contributed by atoms with van der Waals surface area (Å²) in [7, 11) is -1.26. The Hall–Kier alpha value is -3.23. The first-order chi connectivity index (χ1) is 16.7. The molecule has 0 radical (unpaired) electrons. The number of fused-ring (bicyclic) bond motifs is 1. The second kappa shape index (κ2) is 9.09. The van der Waals surface area contributed by atoms with Crippen molar-refractivity contribution in [3.05, 3.63) is 60.8 Å². The Kier molecular flexibility index (Phi) is 6.11. The lowest BCUT2D eigenvalue weighted by molar-refractivity contribution is 0.209. The van der Waals surface area contributed by atoms with Crippen LogP contribution in [0, 0.1) is 0 Å². The van der Waals surface area contributed by atoms with Crippen LogP contribution in [-0.2, 0) is 16.9 Å². The fraction of sp³-hybridized carbons (Fsp3) is 0.333. The number of hydrogen-bond donors (Lipinski definition) is 0. The topological polar surface area (TPSA) is 71.3 Å². The van der Waals surface area contributed by atoms with Gasteiger partial charge in [-0.3, -0.25) is 9.88 Å². The van der Waals surface area contributed by atoms with Gasteiger partial charge in [-0.05, 0) is 56.3 Å². The van der Waals surface area contributed by atoms with E-state index in [-0.39, 0.29) is 0 Å². The fourth-order valence-electron chi connectivity index (χ4n) is 4.70. The molecule has 2 aromatic heterocycles. The monoisotopic (exact) mass is 489 g/mol. The van der Waals surface area contributed by atoms with E-state index in [2.05, 4.69) is 59.0 Å². The molecule has 0 atom stereocenters. The van der Waals surface area contributed by atoms with Gasteiger partial charge in [0.25, 0.3) is 0 Å². The summed E-state index contributed by atoms with van der Waals surface area (Å²) >= 11 is 0. The molecule has 0 amide bonds. The Labute approximate surface area is 207 Å². The molecule has 7 nitrogen and oxygen atoms in total. The van der Waals surface area contributed by atoms with Gasteiger partial charge in [0.15, 0.2) is 9.84 Å². The summed E-state index contributed by atoms with van der Waals surface area (Å²) in [4.78, 5) is 14.7. The third kappa shape index (κ3) is 4.68. The van der Waals surface area contributed by atoms with Crippen LogP contribution < -0.4 is 4.90 Å². The van der Waals surface area contributed by atoms with Gasteiger partial charge in [-0.25, -0.2) is 13.4 Å². The van der Waals surface area contributed by atoms with E-state index in [1.807, 2.05) is 11.6 Å². The van der Waals surface area contributed by atoms with Gasteiger partial charge in [-0.2, -0.15) is 0 Å². The molecular weight excluding hydrogens is 458 g/mol. The van der Waals surface area contributed by atoms with Crippen molar-refractivity contribution in [3.8, 4) is 22.6 Å². The minimum absolute atomic E-state index is 0.300. The smallest absolute Gasteiger partial charge is 0.175 e. The van der Waals surface area contributed by atoms with Crippen LogP contribution >= 0.6 is 0 Å². The van der Waals surface area contributed by atoms with Gasteiger partial charge < -0.3 is 9.47 Å². The molecule has 2 aromatic carbocycles. The Morgan fingerprint density at radius 1 is 0.886 bits per heavy atom. The van der Waals surface area contributed by atoms with E-state index in [1.165, 1.54) is 11.9 Å². The van der Waals surface area contributed by atoms with Crippen molar-refractivity contribution in [2.45, 2.75) is 24.8 Å². The van der Waals surface area contributed by atoms with E-state index in [4.69, 9.17) is 4.98 Å². The predicted molar refractivity (Wildman–Crippen MR) is 141 cm³/mol. The number of sulfone groups is 1. The molecule has 8 heteroatoms. The average Bonchev–Trinajstić information content (AvgIpc) is 3.19. The van der Waals surface area contributed by atoms with E-state index in [0.717, 1.165) is 59.9 Å². The van der Waals surface area contributed by atoms with Gasteiger partial charge in [0.2, 0.25) is 0 Å². The number of anilines is 1. The molecular formula is C27H31N5O2S. The first kappa shape index (κ1) is 23.5. The fourth-order valence-corrected chi connectivity index (χ4v) is 5.33. The summed E-state index contributed by atoms with van der Waals surface area (Å²) in [6.07, 6.45) is 3.02. The van der Waals surface area contributed by atoms with Crippen molar-refractivity contribution in [1.82, 2.24) is 19.4 Å². The van der Waals surface area contributed by atoms with Crippen LogP contribution in [0.3, 0.4) is 0 Å². The van der Waals surface area contributed by atoms with E-state index in [1.54, 1.807) is 30.5 Å². The van der Waals surface area contributed by atoms with Crippen molar-refractivity contribution in [2.24, 2.45) is 7.05 Å². The van der Waals surface area contributed by atoms with E-state index >= 15 is 0 Å². The normalized spacial score (nSPS) is 15.3. The number of hydrogen-bond acceptors (Lipinski definition) is 6. The van der Waals surface area contributed by atoms with Crippen molar-refractivity contribution in [3.63, 3.8) is 0 Å². The molecule has 0 saturated carbocycles. The second-order valence-electron chi connectivity index (χ2n) is 9.51. The largest absolute Gasteiger partial charge is 0.369 e. The average molecular weight is 490 g/mol. The molecule has 1 fully saturated rings. The quantitative estimate of drug-likeness (QED) is 0.418. The maximum Gasteiger partial charge on any atom is 0.175 e. The van der Waals surface area contributed by atoms with Crippen LogP contribution in [-0.4, -0.2) is 66.3 Å². The molecule has 0 N–H and O–H groups in total. The Balaban J connectivity index is 1.39. The van der Waals surface area contributed by atoms with E-state index < -0.39 is 9.84 Å². The van der Waals surface area contributed by atoms with Gasteiger partial charge in [0.05, 0.1) is 22.3 Å². The van der Waals surface area contributed by atoms with Crippen LogP contribution in [0.25, 0.3) is 33.7 Å². The summed E-state index contributed by atoms with van der Waals surface area (Å²) in [6.45, 7) is 8.80. The summed E-state index contributed by atoms with van der Waals surface area (Å²) in [5.74, 6) is 0.773. The first-order valence-corrected chi connectivity index (χ1v) is 13.8. The van der Waals surface area contributed by atoms with Crippen molar-refractivity contribution < 1.29 is 8.42 Å². The molecule has 0 spiro atoms. The highest BCUT2D eigenvalue weighted by atomic mass is 32.2. The van der Waals surface area contributed by atoms with Crippen molar-refractivity contribution in [1.29, 1.82) is 0 Å². The van der Waals surface area contributed by atoms with Gasteiger partial charge in [0, 0.05) is 62.3 Å². The van der Waals surface area contributed by atoms with Gasteiger partial charge in [0.1, 0.15) is 11.3 Å². The molecule has 0 aliphatic carbocycles. The number of benzene rings is 2. The molecule has 182 valence electrons. The maximum absolute atomic E-state index is 11.8. The summed E-state index contributed by atoms with van der Waals surface area (Å²) < 4.78 is 25.6. The van der Waals surface area contributed by atoms with E-state index in [9.17, 15) is 8.42 Å². The molecule has 1 aliphatic rings. The highest BCUT2D eigenvalue weighted by Gasteiger charge is 2.19. The van der Waals surface area contributed by atoms with Crippen LogP contribution in [0.15, 0.2) is 65.7 Å². The number of pyridine rings is 1. The second-order valence-corrected chi connectivity index (χ2v) is 11.5. The third-order valence-corrected chi connectivity index (χ3v) is 8.01. The molecule has 4 aromatic rings. The van der Waals surface area contributed by atoms with E-state index in [0.29, 0.717) is 10.9 Å². The lowest BCUT2D eigenvalue weighted by Gasteiger charge is -2.38. The van der Waals surface area contributed by atoms with Gasteiger partial charge in [-0.1, -0.05) is 12.1 Å². The van der Waals surface area contributed by atoms with Crippen LogP contribution in [0.2, 0.25) is 0 Å². The predicted octanol–water partition coefficient (Wildman–Crippen LogP) is 4.24. The molecule has 35 heavy (non-hydrogen) atoms. The van der Waals surface area contributed by atoms with Crippen molar-refractivity contribution in [2.75, 3.05) is 37.3 Å². The Bertz CT molecular complexity index is 1450. The molecule has 3 heterocycles. The Morgan fingerprint density at radius 2 is 1.51 bits per heavy atom. The Morgan fingerprint density at radius 3 is 2.11 bits per heavy atom. The minimum Gasteiger partial charge on any atom is -0.369 e. The number of aryl methyl sites for hydroxylation is 1. The number of piperazine rings is 1. The minimum atomic E-state index is -3.23. The van der Waals surface area contributed by atoms with Crippen LogP contribution in [0.1, 0.15) is 13.8 Å². The number of nitrogens with zero attached hydrogens (tertiary/aromatic N) is 5. The SMILES string of the molecule is CC(C)N1CCN(c2ccc(-c3cc4c(cn3)nc(-c3ccc(S(C)(=O)=O)cc3)n4C)cc2)CC1. The number of imidazole rings is 1. The summed E-state index contributed by atoms with van der Waals surface area (Å²) in [6, 6.07) is 18.1. The highest BCUT2D eigenvalue weighted by Crippen LogP contribution is 2.28. The third-order valence-electron chi connectivity index (χ3n) is 6.88. The summed E-state index contributed by atoms with van der Waals surface area (Å²) in [5.41, 5.74) is 5.86. The zero-order chi connectivity index (χ0) is 24.7. The molecule has 0 unspecified atom stereocenters. The number of aromatic nitrogens is 3. The lowest BCUT2D eigenvalue weighted by Crippen LogP contribution is -2.48. The van der Waals surface area contributed by atoms with Crippen LogP contribution in [0.5, 0.6) is 0 Å². The molecule has 0 bridgehead atoms. The highest BCUT2D eigenvalue weighted by molar-refractivity contribution is 7.90. The van der Waals surface area contributed by atoms with Crippen molar-refractivity contribution >= 4 is 26.6 Å². The van der Waals surface area contributed by atoms with Gasteiger partial charge in [-0.15, -0.1) is 0 Å². The first-order valence-electron chi connectivity index (χ1n) is 11.9. The lowest BCUT2D eigenvalue weighted by atomic mass is 10.1. The standard InChI is InChI=1S/C27H31N5O2S/c1-19(2)31-13-15-32(16-14-31)22-9-5-20(6-10-22)24-17-26-25(18-28-24)29-27(30(26)3)21-7-11-23(12-8-21)35(4,33)34/h5-12,17-19H,13-16H2,1-4H3. The van der Waals surface area contributed by atoms with Crippen LogP contribution in [0.4, 0.5) is 5.69 Å². The summed E-state index contributed by atoms with van der Waals surface area (Å²) in [5, 5.41) is 0. The maximum atomic E-state index is 11.8.